The molecule has 0 aliphatic rings. The number of benzene rings is 2. The molecule has 0 heterocycles. The average molecular weight is 355 g/mol. The molecule has 0 fully saturated rings. The summed E-state index contributed by atoms with van der Waals surface area (Å²) in [6.45, 7) is 0.870. The van der Waals surface area contributed by atoms with E-state index in [0.717, 1.165) is 6.54 Å². The molecule has 2 aromatic carbocycles. The predicted octanol–water partition coefficient (Wildman–Crippen LogP) is 4.63. The van der Waals surface area contributed by atoms with Crippen LogP contribution < -0.4 is 5.32 Å². The van der Waals surface area contributed by atoms with Crippen molar-refractivity contribution in [3.63, 3.8) is 0 Å². The first-order valence-corrected chi connectivity index (χ1v) is 7.70. The molecule has 0 aliphatic carbocycles. The summed E-state index contributed by atoms with van der Waals surface area (Å²) < 4.78 is 1.26. The Morgan fingerprint density at radius 2 is 1.65 bits per heavy atom. The molecule has 1 N–H and O–H groups in total. The van der Waals surface area contributed by atoms with Gasteiger partial charge in [-0.25, -0.2) is 0 Å². The zero-order valence-corrected chi connectivity index (χ0v) is 12.6. The molecule has 0 saturated carbocycles. The minimum atomic E-state index is 0.870. The van der Waals surface area contributed by atoms with Gasteiger partial charge >= 0.3 is 0 Å². The molecule has 0 aromatic heterocycles. The maximum atomic E-state index is 3.42. The Balaban J connectivity index is 1.95. The van der Waals surface area contributed by atoms with Crippen molar-refractivity contribution in [1.29, 1.82) is 0 Å². The molecule has 3 heteroatoms. The van der Waals surface area contributed by atoms with Gasteiger partial charge in [0.1, 0.15) is 0 Å². The van der Waals surface area contributed by atoms with E-state index in [0.29, 0.717) is 0 Å². The Morgan fingerprint density at radius 3 is 2.24 bits per heavy atom. The molecule has 0 radical (unpaired) electrons. The lowest BCUT2D eigenvalue weighted by Gasteiger charge is -2.07. The van der Waals surface area contributed by atoms with Gasteiger partial charge in [-0.2, -0.15) is 0 Å². The van der Waals surface area contributed by atoms with Crippen molar-refractivity contribution >= 4 is 40.0 Å². The third kappa shape index (κ3) is 3.92. The number of anilines is 1. The van der Waals surface area contributed by atoms with Crippen molar-refractivity contribution in [3.05, 3.63) is 57.7 Å². The molecule has 0 aliphatic heterocycles. The standard InChI is InChI=1S/C14H14INS/c1-17-14-8-2-11(3-9-14)10-16-13-6-4-12(15)5-7-13/h2-9,16H,10H2,1H3. The summed E-state index contributed by atoms with van der Waals surface area (Å²) in [4.78, 5) is 1.31. The largest absolute Gasteiger partial charge is 0.381 e. The first-order valence-electron chi connectivity index (χ1n) is 5.40. The maximum absolute atomic E-state index is 3.42. The minimum absolute atomic E-state index is 0.870. The van der Waals surface area contributed by atoms with Crippen LogP contribution in [0.3, 0.4) is 0 Å². The number of rotatable bonds is 4. The molecule has 0 spiro atoms. The highest BCUT2D eigenvalue weighted by atomic mass is 127. The van der Waals surface area contributed by atoms with Gasteiger partial charge < -0.3 is 5.32 Å². The van der Waals surface area contributed by atoms with Crippen molar-refractivity contribution in [3.8, 4) is 0 Å². The Kier molecular flexibility index (Phi) is 4.74. The van der Waals surface area contributed by atoms with E-state index in [1.807, 2.05) is 0 Å². The Hall–Kier alpha value is -0.680. The van der Waals surface area contributed by atoms with Gasteiger partial charge in [-0.1, -0.05) is 12.1 Å². The highest BCUT2D eigenvalue weighted by molar-refractivity contribution is 14.1. The van der Waals surface area contributed by atoms with Crippen LogP contribution in [-0.4, -0.2) is 6.26 Å². The fourth-order valence-electron chi connectivity index (χ4n) is 1.52. The van der Waals surface area contributed by atoms with Crippen LogP contribution in [0.25, 0.3) is 0 Å². The molecule has 17 heavy (non-hydrogen) atoms. The molecule has 0 unspecified atom stereocenters. The fraction of sp³-hybridized carbons (Fsp3) is 0.143. The average Bonchev–Trinajstić information content (AvgIpc) is 2.39. The van der Waals surface area contributed by atoms with Gasteiger partial charge in [0, 0.05) is 20.7 Å². The third-order valence-electron chi connectivity index (χ3n) is 2.50. The van der Waals surface area contributed by atoms with Gasteiger partial charge in [-0.3, -0.25) is 0 Å². The first-order chi connectivity index (χ1) is 8.28. The molecule has 2 aromatic rings. The molecular formula is C14H14INS. The van der Waals surface area contributed by atoms with Gasteiger partial charge in [0.15, 0.2) is 0 Å². The van der Waals surface area contributed by atoms with Gasteiger partial charge in [0.2, 0.25) is 0 Å². The van der Waals surface area contributed by atoms with Gasteiger partial charge in [-0.15, -0.1) is 11.8 Å². The lowest BCUT2D eigenvalue weighted by Crippen LogP contribution is -1.98. The topological polar surface area (TPSA) is 12.0 Å². The molecule has 0 bridgehead atoms. The summed E-state index contributed by atoms with van der Waals surface area (Å²) in [6.07, 6.45) is 2.10. The van der Waals surface area contributed by atoms with Crippen LogP contribution in [0.2, 0.25) is 0 Å². The second-order valence-corrected chi connectivity index (χ2v) is 5.83. The highest BCUT2D eigenvalue weighted by Gasteiger charge is 1.95. The van der Waals surface area contributed by atoms with Gasteiger partial charge in [0.25, 0.3) is 0 Å². The molecule has 2 rings (SSSR count). The summed E-state index contributed by atoms with van der Waals surface area (Å²) in [5.74, 6) is 0. The smallest absolute Gasteiger partial charge is 0.0400 e. The van der Waals surface area contributed by atoms with Crippen LogP contribution in [0.15, 0.2) is 53.4 Å². The van der Waals surface area contributed by atoms with Crippen molar-refractivity contribution < 1.29 is 0 Å². The van der Waals surface area contributed by atoms with E-state index < -0.39 is 0 Å². The lowest BCUT2D eigenvalue weighted by atomic mass is 10.2. The molecule has 0 atom stereocenters. The van der Waals surface area contributed by atoms with Crippen LogP contribution in [0.1, 0.15) is 5.56 Å². The molecule has 88 valence electrons. The molecule has 1 nitrogen and oxygen atoms in total. The first kappa shape index (κ1) is 12.8. The van der Waals surface area contributed by atoms with Crippen LogP contribution >= 0.6 is 34.4 Å². The molecule has 0 saturated heterocycles. The number of hydrogen-bond donors (Lipinski definition) is 1. The normalized spacial score (nSPS) is 10.2. The third-order valence-corrected chi connectivity index (χ3v) is 3.96. The monoisotopic (exact) mass is 355 g/mol. The summed E-state index contributed by atoms with van der Waals surface area (Å²) >= 11 is 4.09. The van der Waals surface area contributed by atoms with E-state index in [9.17, 15) is 0 Å². The van der Waals surface area contributed by atoms with Crippen molar-refractivity contribution in [2.75, 3.05) is 11.6 Å². The van der Waals surface area contributed by atoms with Crippen molar-refractivity contribution in [2.45, 2.75) is 11.4 Å². The van der Waals surface area contributed by atoms with E-state index in [1.165, 1.54) is 19.7 Å². The Bertz CT molecular complexity index is 465. The summed E-state index contributed by atoms with van der Waals surface area (Å²) in [5, 5.41) is 3.42. The number of thioether (sulfide) groups is 1. The van der Waals surface area contributed by atoms with E-state index in [-0.39, 0.29) is 0 Å². The SMILES string of the molecule is CSc1ccc(CNc2ccc(I)cc2)cc1. The van der Waals surface area contributed by atoms with E-state index >= 15 is 0 Å². The lowest BCUT2D eigenvalue weighted by molar-refractivity contribution is 1.14. The van der Waals surface area contributed by atoms with Crippen LogP contribution in [0.4, 0.5) is 5.69 Å². The second-order valence-electron chi connectivity index (χ2n) is 3.71. The van der Waals surface area contributed by atoms with Crippen LogP contribution in [0.5, 0.6) is 0 Å². The highest BCUT2D eigenvalue weighted by Crippen LogP contribution is 2.16. The zero-order valence-electron chi connectivity index (χ0n) is 9.61. The van der Waals surface area contributed by atoms with Gasteiger partial charge in [0.05, 0.1) is 0 Å². The quantitative estimate of drug-likeness (QED) is 0.634. The minimum Gasteiger partial charge on any atom is -0.381 e. The zero-order chi connectivity index (χ0) is 12.1. The van der Waals surface area contributed by atoms with Gasteiger partial charge in [-0.05, 0) is 70.8 Å². The Morgan fingerprint density at radius 1 is 1.00 bits per heavy atom. The van der Waals surface area contributed by atoms with E-state index in [1.54, 1.807) is 11.8 Å². The van der Waals surface area contributed by atoms with E-state index in [4.69, 9.17) is 0 Å². The van der Waals surface area contributed by atoms with E-state index in [2.05, 4.69) is 82.7 Å². The molecular weight excluding hydrogens is 341 g/mol. The van der Waals surface area contributed by atoms with Crippen molar-refractivity contribution in [2.24, 2.45) is 0 Å². The Labute approximate surface area is 120 Å². The predicted molar refractivity (Wildman–Crippen MR) is 84.7 cm³/mol. The summed E-state index contributed by atoms with van der Waals surface area (Å²) in [5.41, 5.74) is 2.47. The van der Waals surface area contributed by atoms with Crippen molar-refractivity contribution in [1.82, 2.24) is 0 Å². The molecule has 0 amide bonds. The number of hydrogen-bond acceptors (Lipinski definition) is 2. The maximum Gasteiger partial charge on any atom is 0.0400 e. The summed E-state index contributed by atoms with van der Waals surface area (Å²) in [7, 11) is 0. The van der Waals surface area contributed by atoms with Crippen LogP contribution in [-0.2, 0) is 6.54 Å². The summed E-state index contributed by atoms with van der Waals surface area (Å²) in [6, 6.07) is 17.1. The fourth-order valence-corrected chi connectivity index (χ4v) is 2.28. The number of nitrogens with one attached hydrogen (secondary N) is 1. The van der Waals surface area contributed by atoms with Crippen LogP contribution in [0, 0.1) is 3.57 Å². The number of halogens is 1. The second kappa shape index (κ2) is 6.31.